The molecule has 1 heterocycles. The van der Waals surface area contributed by atoms with E-state index in [1.165, 1.54) is 0 Å². The van der Waals surface area contributed by atoms with E-state index >= 15 is 0 Å². The number of carbonyl (C=O) groups is 1. The Bertz CT molecular complexity index is 344. The van der Waals surface area contributed by atoms with Crippen LogP contribution in [-0.2, 0) is 9.53 Å². The van der Waals surface area contributed by atoms with E-state index in [4.69, 9.17) is 10.5 Å². The Hall–Kier alpha value is -1.19. The van der Waals surface area contributed by atoms with Gasteiger partial charge in [0.2, 0.25) is 0 Å². The molecule has 2 N–H and O–H groups in total. The lowest BCUT2D eigenvalue weighted by molar-refractivity contribution is -0.128. The van der Waals surface area contributed by atoms with E-state index in [1.54, 1.807) is 0 Å². The van der Waals surface area contributed by atoms with E-state index in [2.05, 4.69) is 0 Å². The second-order valence-electron chi connectivity index (χ2n) is 4.20. The Morgan fingerprint density at radius 3 is 2.75 bits per heavy atom. The number of benzene rings is 1. The standard InChI is InChI=1S/C13H17NO2/c14-12(10-5-2-1-3-6-10)13(15)11-7-4-8-16-9-11/h1-3,5-6,11-12H,4,7-9,14H2. The first-order valence-corrected chi connectivity index (χ1v) is 5.71. The Labute approximate surface area is 95.6 Å². The molecule has 3 heteroatoms. The normalized spacial score (nSPS) is 22.7. The molecular formula is C13H17NO2. The fraction of sp³-hybridized carbons (Fsp3) is 0.462. The van der Waals surface area contributed by atoms with E-state index < -0.39 is 6.04 Å². The van der Waals surface area contributed by atoms with Crippen molar-refractivity contribution in [3.8, 4) is 0 Å². The van der Waals surface area contributed by atoms with Crippen LogP contribution in [0, 0.1) is 5.92 Å². The van der Waals surface area contributed by atoms with Gasteiger partial charge in [-0.3, -0.25) is 4.79 Å². The van der Waals surface area contributed by atoms with Crippen molar-refractivity contribution in [2.75, 3.05) is 13.2 Å². The SMILES string of the molecule is NC(C(=O)C1CCCOC1)c1ccccc1. The molecule has 1 aromatic carbocycles. The molecule has 2 rings (SSSR count). The zero-order valence-electron chi connectivity index (χ0n) is 9.26. The monoisotopic (exact) mass is 219 g/mol. The van der Waals surface area contributed by atoms with Crippen molar-refractivity contribution in [1.82, 2.24) is 0 Å². The molecule has 1 fully saturated rings. The molecule has 2 unspecified atom stereocenters. The van der Waals surface area contributed by atoms with Crippen molar-refractivity contribution in [3.63, 3.8) is 0 Å². The number of hydrogen-bond donors (Lipinski definition) is 1. The van der Waals surface area contributed by atoms with Gasteiger partial charge in [0.25, 0.3) is 0 Å². The van der Waals surface area contributed by atoms with E-state index in [-0.39, 0.29) is 11.7 Å². The quantitative estimate of drug-likeness (QED) is 0.841. The zero-order valence-corrected chi connectivity index (χ0v) is 9.26. The van der Waals surface area contributed by atoms with Crippen LogP contribution >= 0.6 is 0 Å². The summed E-state index contributed by atoms with van der Waals surface area (Å²) < 4.78 is 5.31. The average Bonchev–Trinajstić information content (AvgIpc) is 2.39. The molecule has 0 bridgehead atoms. The van der Waals surface area contributed by atoms with Crippen molar-refractivity contribution in [3.05, 3.63) is 35.9 Å². The lowest BCUT2D eigenvalue weighted by Crippen LogP contribution is -2.33. The van der Waals surface area contributed by atoms with E-state index in [9.17, 15) is 4.79 Å². The van der Waals surface area contributed by atoms with Gasteiger partial charge in [-0.15, -0.1) is 0 Å². The summed E-state index contributed by atoms with van der Waals surface area (Å²) in [5.41, 5.74) is 6.85. The fourth-order valence-corrected chi connectivity index (χ4v) is 2.04. The molecule has 0 aromatic heterocycles. The number of ketones is 1. The van der Waals surface area contributed by atoms with Crippen LogP contribution in [0.3, 0.4) is 0 Å². The molecule has 0 saturated carbocycles. The zero-order chi connectivity index (χ0) is 11.4. The fourth-order valence-electron chi connectivity index (χ4n) is 2.04. The number of nitrogens with two attached hydrogens (primary N) is 1. The Morgan fingerprint density at radius 1 is 1.38 bits per heavy atom. The topological polar surface area (TPSA) is 52.3 Å². The largest absolute Gasteiger partial charge is 0.381 e. The second kappa shape index (κ2) is 5.23. The van der Waals surface area contributed by atoms with Crippen LogP contribution in [-0.4, -0.2) is 19.0 Å². The van der Waals surface area contributed by atoms with Gasteiger partial charge in [0.15, 0.2) is 5.78 Å². The van der Waals surface area contributed by atoms with Crippen molar-refractivity contribution in [2.24, 2.45) is 11.7 Å². The molecule has 86 valence electrons. The van der Waals surface area contributed by atoms with Crippen molar-refractivity contribution < 1.29 is 9.53 Å². The molecule has 0 radical (unpaired) electrons. The Balaban J connectivity index is 2.04. The van der Waals surface area contributed by atoms with Gasteiger partial charge < -0.3 is 10.5 Å². The third-order valence-electron chi connectivity index (χ3n) is 3.03. The van der Waals surface area contributed by atoms with Gasteiger partial charge in [0.05, 0.1) is 12.6 Å². The molecule has 1 aliphatic rings. The summed E-state index contributed by atoms with van der Waals surface area (Å²) in [7, 11) is 0. The number of ether oxygens (including phenoxy) is 1. The van der Waals surface area contributed by atoms with Crippen molar-refractivity contribution >= 4 is 5.78 Å². The van der Waals surface area contributed by atoms with Gasteiger partial charge in [-0.25, -0.2) is 0 Å². The molecule has 0 aliphatic carbocycles. The Morgan fingerprint density at radius 2 is 2.12 bits per heavy atom. The molecule has 2 atom stereocenters. The van der Waals surface area contributed by atoms with Gasteiger partial charge in [-0.05, 0) is 18.4 Å². The first kappa shape index (κ1) is 11.3. The average molecular weight is 219 g/mol. The third-order valence-corrected chi connectivity index (χ3v) is 3.03. The predicted molar refractivity (Wildman–Crippen MR) is 61.9 cm³/mol. The minimum atomic E-state index is -0.507. The summed E-state index contributed by atoms with van der Waals surface area (Å²) >= 11 is 0. The number of Topliss-reactive ketones (excluding diaryl/α,β-unsaturated/α-hetero) is 1. The van der Waals surface area contributed by atoms with Gasteiger partial charge in [-0.1, -0.05) is 30.3 Å². The summed E-state index contributed by atoms with van der Waals surface area (Å²) in [6.07, 6.45) is 1.86. The molecule has 16 heavy (non-hydrogen) atoms. The first-order chi connectivity index (χ1) is 7.79. The van der Waals surface area contributed by atoms with Crippen LogP contribution in [0.25, 0.3) is 0 Å². The molecule has 0 amide bonds. The highest BCUT2D eigenvalue weighted by Crippen LogP contribution is 2.21. The lowest BCUT2D eigenvalue weighted by Gasteiger charge is -2.23. The van der Waals surface area contributed by atoms with E-state index in [0.717, 1.165) is 25.0 Å². The summed E-state index contributed by atoms with van der Waals surface area (Å²) in [6, 6.07) is 9.01. The maximum Gasteiger partial charge on any atom is 0.159 e. The highest BCUT2D eigenvalue weighted by atomic mass is 16.5. The lowest BCUT2D eigenvalue weighted by atomic mass is 9.90. The van der Waals surface area contributed by atoms with Crippen LogP contribution in [0.4, 0.5) is 0 Å². The summed E-state index contributed by atoms with van der Waals surface area (Å²) in [4.78, 5) is 12.1. The minimum Gasteiger partial charge on any atom is -0.381 e. The van der Waals surface area contributed by atoms with Crippen LogP contribution in [0.1, 0.15) is 24.4 Å². The van der Waals surface area contributed by atoms with Crippen LogP contribution < -0.4 is 5.73 Å². The molecular weight excluding hydrogens is 202 g/mol. The highest BCUT2D eigenvalue weighted by Gasteiger charge is 2.27. The van der Waals surface area contributed by atoms with Gasteiger partial charge in [0.1, 0.15) is 0 Å². The minimum absolute atomic E-state index is 0.0241. The van der Waals surface area contributed by atoms with Crippen molar-refractivity contribution in [2.45, 2.75) is 18.9 Å². The van der Waals surface area contributed by atoms with Gasteiger partial charge in [-0.2, -0.15) is 0 Å². The van der Waals surface area contributed by atoms with E-state index in [0.29, 0.717) is 6.61 Å². The summed E-state index contributed by atoms with van der Waals surface area (Å²) in [5, 5.41) is 0. The third kappa shape index (κ3) is 2.49. The molecule has 0 spiro atoms. The number of hydrogen-bond acceptors (Lipinski definition) is 3. The smallest absolute Gasteiger partial charge is 0.159 e. The van der Waals surface area contributed by atoms with Crippen LogP contribution in [0.15, 0.2) is 30.3 Å². The molecule has 3 nitrogen and oxygen atoms in total. The van der Waals surface area contributed by atoms with Gasteiger partial charge in [0, 0.05) is 12.5 Å². The predicted octanol–water partition coefficient (Wildman–Crippen LogP) is 1.68. The number of rotatable bonds is 3. The Kier molecular flexibility index (Phi) is 3.70. The molecule has 1 aliphatic heterocycles. The van der Waals surface area contributed by atoms with Crippen LogP contribution in [0.5, 0.6) is 0 Å². The van der Waals surface area contributed by atoms with Crippen molar-refractivity contribution in [1.29, 1.82) is 0 Å². The maximum absolute atomic E-state index is 12.1. The van der Waals surface area contributed by atoms with Crippen LogP contribution in [0.2, 0.25) is 0 Å². The molecule has 1 saturated heterocycles. The first-order valence-electron chi connectivity index (χ1n) is 5.71. The summed E-state index contributed by atoms with van der Waals surface area (Å²) in [6.45, 7) is 1.30. The summed E-state index contributed by atoms with van der Waals surface area (Å²) in [5.74, 6) is 0.0786. The number of carbonyl (C=O) groups excluding carboxylic acids is 1. The highest BCUT2D eigenvalue weighted by molar-refractivity contribution is 5.87. The van der Waals surface area contributed by atoms with Gasteiger partial charge >= 0.3 is 0 Å². The molecule has 1 aromatic rings. The second-order valence-corrected chi connectivity index (χ2v) is 4.20. The maximum atomic E-state index is 12.1. The van der Waals surface area contributed by atoms with E-state index in [1.807, 2.05) is 30.3 Å².